The molecule has 1 heterocycles. The van der Waals surface area contributed by atoms with Crippen LogP contribution in [0.15, 0.2) is 18.2 Å². The minimum absolute atomic E-state index is 0.0901. The molecule has 1 aromatic rings. The molecule has 1 aromatic carbocycles. The molecule has 0 radical (unpaired) electrons. The summed E-state index contributed by atoms with van der Waals surface area (Å²) in [5, 5.41) is 8.79. The Balaban J connectivity index is 2.25. The molecule has 4 heteroatoms. The maximum atomic E-state index is 10.7. The van der Waals surface area contributed by atoms with E-state index in [-0.39, 0.29) is 12.5 Å². The normalized spacial score (nSPS) is 18.9. The SMILES string of the molecule is Cc1ccc2c(c1)OCC(CC(=O)O)N2C. The van der Waals surface area contributed by atoms with Crippen molar-refractivity contribution >= 4 is 11.7 Å². The van der Waals surface area contributed by atoms with Crippen molar-refractivity contribution in [1.29, 1.82) is 0 Å². The Hall–Kier alpha value is -1.71. The molecule has 0 saturated carbocycles. The fraction of sp³-hybridized carbons (Fsp3) is 0.417. The van der Waals surface area contributed by atoms with Crippen molar-refractivity contribution in [2.75, 3.05) is 18.6 Å². The molecule has 0 bridgehead atoms. The Bertz CT molecular complexity index is 417. The number of aryl methyl sites for hydroxylation is 1. The number of anilines is 1. The first-order chi connectivity index (χ1) is 7.58. The van der Waals surface area contributed by atoms with Crippen LogP contribution in [-0.2, 0) is 4.79 Å². The summed E-state index contributed by atoms with van der Waals surface area (Å²) >= 11 is 0. The highest BCUT2D eigenvalue weighted by Crippen LogP contribution is 2.34. The van der Waals surface area contributed by atoms with Crippen molar-refractivity contribution in [3.63, 3.8) is 0 Å². The first-order valence-electron chi connectivity index (χ1n) is 5.26. The lowest BCUT2D eigenvalue weighted by atomic mass is 10.1. The fourth-order valence-corrected chi connectivity index (χ4v) is 1.92. The average Bonchev–Trinajstić information content (AvgIpc) is 2.22. The van der Waals surface area contributed by atoms with Gasteiger partial charge in [0.05, 0.1) is 18.2 Å². The monoisotopic (exact) mass is 221 g/mol. The number of carbonyl (C=O) groups is 1. The molecule has 1 N–H and O–H groups in total. The number of nitrogens with zero attached hydrogens (tertiary/aromatic N) is 1. The van der Waals surface area contributed by atoms with Gasteiger partial charge in [0.2, 0.25) is 0 Å². The molecule has 4 nitrogen and oxygen atoms in total. The highest BCUT2D eigenvalue weighted by atomic mass is 16.5. The van der Waals surface area contributed by atoms with Gasteiger partial charge in [-0.3, -0.25) is 4.79 Å². The Morgan fingerprint density at radius 1 is 1.62 bits per heavy atom. The van der Waals surface area contributed by atoms with Crippen molar-refractivity contribution in [2.24, 2.45) is 0 Å². The largest absolute Gasteiger partial charge is 0.489 e. The molecule has 16 heavy (non-hydrogen) atoms. The third-order valence-electron chi connectivity index (χ3n) is 2.88. The number of carboxylic acid groups (broad SMARTS) is 1. The Labute approximate surface area is 94.4 Å². The molecule has 0 amide bonds. The van der Waals surface area contributed by atoms with Gasteiger partial charge in [0.25, 0.3) is 0 Å². The van der Waals surface area contributed by atoms with Crippen LogP contribution in [0.1, 0.15) is 12.0 Å². The maximum absolute atomic E-state index is 10.7. The molecule has 0 aromatic heterocycles. The highest BCUT2D eigenvalue weighted by molar-refractivity contribution is 5.70. The number of hydrogen-bond acceptors (Lipinski definition) is 3. The summed E-state index contributed by atoms with van der Waals surface area (Å²) in [4.78, 5) is 12.7. The van der Waals surface area contributed by atoms with Gasteiger partial charge in [0, 0.05) is 7.05 Å². The molecule has 1 aliphatic heterocycles. The van der Waals surface area contributed by atoms with Crippen LogP contribution in [0.25, 0.3) is 0 Å². The third kappa shape index (κ3) is 1.96. The lowest BCUT2D eigenvalue weighted by molar-refractivity contribution is -0.137. The number of carboxylic acids is 1. The quantitative estimate of drug-likeness (QED) is 0.825. The van der Waals surface area contributed by atoms with Crippen LogP contribution < -0.4 is 9.64 Å². The topological polar surface area (TPSA) is 49.8 Å². The van der Waals surface area contributed by atoms with E-state index >= 15 is 0 Å². The second-order valence-corrected chi connectivity index (χ2v) is 4.14. The Morgan fingerprint density at radius 2 is 2.38 bits per heavy atom. The summed E-state index contributed by atoms with van der Waals surface area (Å²) in [6, 6.07) is 5.86. The second kappa shape index (κ2) is 4.04. The predicted octanol–water partition coefficient (Wildman–Crippen LogP) is 1.67. The summed E-state index contributed by atoms with van der Waals surface area (Å²) in [5.74, 6) is 0.0418. The van der Waals surface area contributed by atoms with Crippen LogP contribution in [0.4, 0.5) is 5.69 Å². The summed E-state index contributed by atoms with van der Waals surface area (Å²) < 4.78 is 5.58. The molecule has 0 saturated heterocycles. The van der Waals surface area contributed by atoms with Crippen molar-refractivity contribution in [2.45, 2.75) is 19.4 Å². The van der Waals surface area contributed by atoms with Crippen LogP contribution in [0.5, 0.6) is 5.75 Å². The zero-order chi connectivity index (χ0) is 11.7. The van der Waals surface area contributed by atoms with E-state index in [9.17, 15) is 4.79 Å². The zero-order valence-electron chi connectivity index (χ0n) is 9.43. The molecular weight excluding hydrogens is 206 g/mol. The van der Waals surface area contributed by atoms with Crippen LogP contribution >= 0.6 is 0 Å². The standard InChI is InChI=1S/C12H15NO3/c1-8-3-4-10-11(5-8)16-7-9(13(10)2)6-12(14)15/h3-5,9H,6-7H2,1-2H3,(H,14,15). The lowest BCUT2D eigenvalue weighted by Gasteiger charge is -2.35. The summed E-state index contributed by atoms with van der Waals surface area (Å²) in [7, 11) is 1.91. The number of ether oxygens (including phenoxy) is 1. The lowest BCUT2D eigenvalue weighted by Crippen LogP contribution is -2.41. The summed E-state index contributed by atoms with van der Waals surface area (Å²) in [6.45, 7) is 2.44. The van der Waals surface area contributed by atoms with Crippen LogP contribution in [0.2, 0.25) is 0 Å². The van der Waals surface area contributed by atoms with E-state index in [2.05, 4.69) is 0 Å². The molecule has 2 rings (SSSR count). The Morgan fingerprint density at radius 3 is 3.06 bits per heavy atom. The van der Waals surface area contributed by atoms with Gasteiger partial charge >= 0.3 is 5.97 Å². The molecular formula is C12H15NO3. The van der Waals surface area contributed by atoms with Gasteiger partial charge in [-0.25, -0.2) is 0 Å². The Kier molecular flexibility index (Phi) is 2.73. The highest BCUT2D eigenvalue weighted by Gasteiger charge is 2.26. The zero-order valence-corrected chi connectivity index (χ0v) is 9.43. The van der Waals surface area contributed by atoms with Crippen molar-refractivity contribution in [3.8, 4) is 5.75 Å². The van der Waals surface area contributed by atoms with E-state index in [1.54, 1.807) is 0 Å². The minimum atomic E-state index is -0.795. The number of hydrogen-bond donors (Lipinski definition) is 1. The average molecular weight is 221 g/mol. The van der Waals surface area contributed by atoms with Crippen molar-refractivity contribution in [3.05, 3.63) is 23.8 Å². The van der Waals surface area contributed by atoms with Crippen molar-refractivity contribution < 1.29 is 14.6 Å². The smallest absolute Gasteiger partial charge is 0.305 e. The summed E-state index contributed by atoms with van der Waals surface area (Å²) in [6.07, 6.45) is 0.101. The van der Waals surface area contributed by atoms with Crippen LogP contribution in [-0.4, -0.2) is 30.8 Å². The van der Waals surface area contributed by atoms with E-state index < -0.39 is 5.97 Å². The van der Waals surface area contributed by atoms with Gasteiger partial charge in [0.1, 0.15) is 12.4 Å². The van der Waals surface area contributed by atoms with Crippen LogP contribution in [0.3, 0.4) is 0 Å². The van der Waals surface area contributed by atoms with Gasteiger partial charge in [-0.1, -0.05) is 6.07 Å². The molecule has 1 atom stereocenters. The molecule has 86 valence electrons. The van der Waals surface area contributed by atoms with Gasteiger partial charge in [0.15, 0.2) is 0 Å². The minimum Gasteiger partial charge on any atom is -0.489 e. The third-order valence-corrected chi connectivity index (χ3v) is 2.88. The maximum Gasteiger partial charge on any atom is 0.305 e. The van der Waals surface area contributed by atoms with E-state index in [0.29, 0.717) is 6.61 Å². The number of likely N-dealkylation sites (N-methyl/N-ethyl adjacent to an activating group) is 1. The second-order valence-electron chi connectivity index (χ2n) is 4.14. The van der Waals surface area contributed by atoms with Gasteiger partial charge in [-0.05, 0) is 24.6 Å². The van der Waals surface area contributed by atoms with E-state index in [4.69, 9.17) is 9.84 Å². The first-order valence-corrected chi connectivity index (χ1v) is 5.26. The number of rotatable bonds is 2. The van der Waals surface area contributed by atoms with E-state index in [1.165, 1.54) is 0 Å². The van der Waals surface area contributed by atoms with E-state index in [1.807, 2.05) is 37.1 Å². The summed E-state index contributed by atoms with van der Waals surface area (Å²) in [5.41, 5.74) is 2.10. The number of fused-ring (bicyclic) bond motifs is 1. The number of aliphatic carboxylic acids is 1. The fourth-order valence-electron chi connectivity index (χ4n) is 1.92. The van der Waals surface area contributed by atoms with Gasteiger partial charge in [-0.2, -0.15) is 0 Å². The van der Waals surface area contributed by atoms with Crippen molar-refractivity contribution in [1.82, 2.24) is 0 Å². The molecule has 1 unspecified atom stereocenters. The molecule has 1 aliphatic rings. The van der Waals surface area contributed by atoms with Gasteiger partial charge < -0.3 is 14.7 Å². The van der Waals surface area contributed by atoms with Crippen LogP contribution in [0, 0.1) is 6.92 Å². The van der Waals surface area contributed by atoms with E-state index in [0.717, 1.165) is 17.0 Å². The molecule has 0 fully saturated rings. The predicted molar refractivity (Wildman–Crippen MR) is 61.1 cm³/mol. The number of benzene rings is 1. The molecule has 0 spiro atoms. The van der Waals surface area contributed by atoms with Gasteiger partial charge in [-0.15, -0.1) is 0 Å². The molecule has 0 aliphatic carbocycles. The first kappa shape index (κ1) is 10.8.